The lowest BCUT2D eigenvalue weighted by Gasteiger charge is -2.11. The molecule has 0 fully saturated rings. The van der Waals surface area contributed by atoms with E-state index in [2.05, 4.69) is 10.3 Å². The van der Waals surface area contributed by atoms with E-state index in [1.54, 1.807) is 6.20 Å². The maximum atomic E-state index is 10.8. The standard InChI is InChI=1S/C9H15N3O2S/c1-3-10-7(8(13)14)6-15-9-11-4-5-12(9)2/h4-5,7,10H,3,6H2,1-2H3,(H,13,14). The highest BCUT2D eigenvalue weighted by atomic mass is 32.2. The summed E-state index contributed by atoms with van der Waals surface area (Å²) in [5, 5.41) is 12.6. The van der Waals surface area contributed by atoms with Gasteiger partial charge in [0.2, 0.25) is 0 Å². The highest BCUT2D eigenvalue weighted by Gasteiger charge is 2.16. The molecule has 0 aliphatic carbocycles. The first-order chi connectivity index (χ1) is 7.15. The minimum Gasteiger partial charge on any atom is -0.480 e. The molecule has 0 radical (unpaired) electrons. The van der Waals surface area contributed by atoms with E-state index >= 15 is 0 Å². The quantitative estimate of drug-likeness (QED) is 0.698. The Labute approximate surface area is 92.9 Å². The van der Waals surface area contributed by atoms with Gasteiger partial charge in [0, 0.05) is 25.2 Å². The molecular formula is C9H15N3O2S. The van der Waals surface area contributed by atoms with Crippen LogP contribution in [0.15, 0.2) is 17.6 Å². The van der Waals surface area contributed by atoms with Crippen LogP contribution in [0.3, 0.4) is 0 Å². The number of nitrogens with one attached hydrogen (secondary N) is 1. The van der Waals surface area contributed by atoms with Crippen LogP contribution < -0.4 is 5.32 Å². The number of nitrogens with zero attached hydrogens (tertiary/aromatic N) is 2. The van der Waals surface area contributed by atoms with Crippen molar-refractivity contribution in [1.29, 1.82) is 0 Å². The predicted molar refractivity (Wildman–Crippen MR) is 59.0 cm³/mol. The first-order valence-corrected chi connectivity index (χ1v) is 5.70. The Morgan fingerprint density at radius 3 is 3.00 bits per heavy atom. The lowest BCUT2D eigenvalue weighted by molar-refractivity contribution is -0.138. The van der Waals surface area contributed by atoms with Gasteiger partial charge >= 0.3 is 5.97 Å². The number of aliphatic carboxylic acids is 1. The van der Waals surface area contributed by atoms with Gasteiger partial charge in [-0.15, -0.1) is 0 Å². The third kappa shape index (κ3) is 3.56. The molecule has 0 amide bonds. The van der Waals surface area contributed by atoms with Crippen molar-refractivity contribution in [2.45, 2.75) is 18.1 Å². The van der Waals surface area contributed by atoms with Crippen LogP contribution in [0.1, 0.15) is 6.92 Å². The zero-order chi connectivity index (χ0) is 11.3. The van der Waals surface area contributed by atoms with Crippen LogP contribution >= 0.6 is 11.8 Å². The third-order valence-electron chi connectivity index (χ3n) is 1.90. The molecular weight excluding hydrogens is 214 g/mol. The van der Waals surface area contributed by atoms with Crippen LogP contribution in [0.2, 0.25) is 0 Å². The molecule has 0 aromatic carbocycles. The number of likely N-dealkylation sites (N-methyl/N-ethyl adjacent to an activating group) is 1. The molecule has 0 saturated heterocycles. The first-order valence-electron chi connectivity index (χ1n) is 4.71. The Kier molecular flexibility index (Phi) is 4.64. The van der Waals surface area contributed by atoms with Crippen molar-refractivity contribution in [1.82, 2.24) is 14.9 Å². The van der Waals surface area contributed by atoms with Gasteiger partial charge in [0.25, 0.3) is 0 Å². The summed E-state index contributed by atoms with van der Waals surface area (Å²) in [5.74, 6) is -0.341. The highest BCUT2D eigenvalue weighted by Crippen LogP contribution is 2.15. The van der Waals surface area contributed by atoms with Crippen molar-refractivity contribution >= 4 is 17.7 Å². The fourth-order valence-corrected chi connectivity index (χ4v) is 2.09. The van der Waals surface area contributed by atoms with E-state index in [4.69, 9.17) is 5.11 Å². The molecule has 1 unspecified atom stereocenters. The van der Waals surface area contributed by atoms with Gasteiger partial charge in [-0.3, -0.25) is 4.79 Å². The fraction of sp³-hybridized carbons (Fsp3) is 0.556. The number of imidazole rings is 1. The number of hydrogen-bond acceptors (Lipinski definition) is 4. The molecule has 2 N–H and O–H groups in total. The number of thioether (sulfide) groups is 1. The monoisotopic (exact) mass is 229 g/mol. The molecule has 1 atom stereocenters. The number of carbonyl (C=O) groups is 1. The average Bonchev–Trinajstić information content (AvgIpc) is 2.58. The van der Waals surface area contributed by atoms with Crippen molar-refractivity contribution in [3.63, 3.8) is 0 Å². The van der Waals surface area contributed by atoms with E-state index in [-0.39, 0.29) is 0 Å². The summed E-state index contributed by atoms with van der Waals surface area (Å²) in [6.45, 7) is 2.54. The van der Waals surface area contributed by atoms with Gasteiger partial charge in [0.15, 0.2) is 5.16 Å². The second-order valence-electron chi connectivity index (χ2n) is 3.08. The Hall–Kier alpha value is -1.01. The first kappa shape index (κ1) is 12.1. The highest BCUT2D eigenvalue weighted by molar-refractivity contribution is 7.99. The molecule has 0 aliphatic rings. The van der Waals surface area contributed by atoms with Crippen LogP contribution in [0.25, 0.3) is 0 Å². The number of rotatable bonds is 6. The van der Waals surface area contributed by atoms with E-state index in [1.807, 2.05) is 24.7 Å². The number of aryl methyl sites for hydroxylation is 1. The SMILES string of the molecule is CCNC(CSc1nccn1C)C(=O)O. The molecule has 84 valence electrons. The smallest absolute Gasteiger partial charge is 0.321 e. The van der Waals surface area contributed by atoms with Crippen molar-refractivity contribution < 1.29 is 9.90 Å². The van der Waals surface area contributed by atoms with Crippen LogP contribution in [0.5, 0.6) is 0 Å². The van der Waals surface area contributed by atoms with Crippen molar-refractivity contribution in [2.75, 3.05) is 12.3 Å². The van der Waals surface area contributed by atoms with Crippen molar-refractivity contribution in [3.05, 3.63) is 12.4 Å². The lowest BCUT2D eigenvalue weighted by atomic mass is 10.3. The van der Waals surface area contributed by atoms with E-state index in [0.717, 1.165) is 5.16 Å². The van der Waals surface area contributed by atoms with Gasteiger partial charge < -0.3 is 15.0 Å². The Morgan fingerprint density at radius 2 is 2.53 bits per heavy atom. The minimum atomic E-state index is -0.821. The molecule has 0 aliphatic heterocycles. The third-order valence-corrected chi connectivity index (χ3v) is 3.06. The normalized spacial score (nSPS) is 12.7. The van der Waals surface area contributed by atoms with Gasteiger partial charge in [-0.2, -0.15) is 0 Å². The molecule has 1 rings (SSSR count). The summed E-state index contributed by atoms with van der Waals surface area (Å²) in [6, 6.07) is -0.517. The number of aromatic nitrogens is 2. The summed E-state index contributed by atoms with van der Waals surface area (Å²) >= 11 is 1.44. The van der Waals surface area contributed by atoms with Crippen LogP contribution in [-0.4, -0.2) is 39.0 Å². The molecule has 1 aromatic heterocycles. The zero-order valence-corrected chi connectivity index (χ0v) is 9.62. The van der Waals surface area contributed by atoms with Gasteiger partial charge in [0.05, 0.1) is 0 Å². The predicted octanol–water partition coefficient (Wildman–Crippen LogP) is 0.575. The Bertz CT molecular complexity index is 327. The van der Waals surface area contributed by atoms with Crippen LogP contribution in [-0.2, 0) is 11.8 Å². The Balaban J connectivity index is 2.47. The van der Waals surface area contributed by atoms with E-state index in [0.29, 0.717) is 12.3 Å². The zero-order valence-electron chi connectivity index (χ0n) is 8.80. The number of carboxylic acids is 1. The van der Waals surface area contributed by atoms with E-state index in [1.165, 1.54) is 11.8 Å². The minimum absolute atomic E-state index is 0.480. The van der Waals surface area contributed by atoms with Crippen LogP contribution in [0.4, 0.5) is 0 Å². The molecule has 1 heterocycles. The van der Waals surface area contributed by atoms with Gasteiger partial charge in [-0.25, -0.2) is 4.98 Å². The maximum Gasteiger partial charge on any atom is 0.321 e. The second-order valence-corrected chi connectivity index (χ2v) is 4.07. The largest absolute Gasteiger partial charge is 0.480 e. The van der Waals surface area contributed by atoms with Crippen molar-refractivity contribution in [3.8, 4) is 0 Å². The summed E-state index contributed by atoms with van der Waals surface area (Å²) in [6.07, 6.45) is 3.54. The molecule has 0 saturated carbocycles. The summed E-state index contributed by atoms with van der Waals surface area (Å²) < 4.78 is 1.87. The average molecular weight is 229 g/mol. The number of hydrogen-bond donors (Lipinski definition) is 2. The molecule has 6 heteroatoms. The van der Waals surface area contributed by atoms with Crippen molar-refractivity contribution in [2.24, 2.45) is 7.05 Å². The molecule has 1 aromatic rings. The summed E-state index contributed by atoms with van der Waals surface area (Å²) in [7, 11) is 1.89. The number of carboxylic acid groups (broad SMARTS) is 1. The molecule has 15 heavy (non-hydrogen) atoms. The summed E-state index contributed by atoms with van der Waals surface area (Å²) in [4.78, 5) is 14.9. The van der Waals surface area contributed by atoms with Gasteiger partial charge in [-0.05, 0) is 6.54 Å². The second kappa shape index (κ2) is 5.77. The maximum absolute atomic E-state index is 10.8. The van der Waals surface area contributed by atoms with Gasteiger partial charge in [-0.1, -0.05) is 18.7 Å². The molecule has 5 nitrogen and oxygen atoms in total. The lowest BCUT2D eigenvalue weighted by Crippen LogP contribution is -2.38. The molecule has 0 bridgehead atoms. The van der Waals surface area contributed by atoms with Crippen LogP contribution in [0, 0.1) is 0 Å². The molecule has 0 spiro atoms. The fourth-order valence-electron chi connectivity index (χ4n) is 1.11. The van der Waals surface area contributed by atoms with E-state index in [9.17, 15) is 4.79 Å². The van der Waals surface area contributed by atoms with Gasteiger partial charge in [0.1, 0.15) is 6.04 Å². The Morgan fingerprint density at radius 1 is 1.80 bits per heavy atom. The van der Waals surface area contributed by atoms with E-state index < -0.39 is 12.0 Å². The topological polar surface area (TPSA) is 67.2 Å². The summed E-state index contributed by atoms with van der Waals surface area (Å²) in [5.41, 5.74) is 0.